The van der Waals surface area contributed by atoms with E-state index in [4.69, 9.17) is 9.84 Å². The topological polar surface area (TPSA) is 82.9 Å². The molecule has 0 aromatic carbocycles. The Morgan fingerprint density at radius 2 is 2.42 bits per heavy atom. The molecule has 0 aliphatic carbocycles. The second kappa shape index (κ2) is 5.44. The quantitative estimate of drug-likeness (QED) is 0.848. The number of rotatable bonds is 4. The second-order valence-electron chi connectivity index (χ2n) is 5.07. The highest BCUT2D eigenvalue weighted by atomic mass is 32.1. The van der Waals surface area contributed by atoms with E-state index in [0.717, 1.165) is 5.13 Å². The highest BCUT2D eigenvalue weighted by Crippen LogP contribution is 2.30. The summed E-state index contributed by atoms with van der Waals surface area (Å²) in [7, 11) is 0. The maximum Gasteiger partial charge on any atom is 0.315 e. The van der Waals surface area contributed by atoms with Crippen LogP contribution in [0, 0.1) is 0 Å². The summed E-state index contributed by atoms with van der Waals surface area (Å²) in [4.78, 5) is 17.6. The number of hydrogen-bond donors (Lipinski definition) is 2. The highest BCUT2D eigenvalue weighted by molar-refractivity contribution is 7.13. The van der Waals surface area contributed by atoms with Crippen molar-refractivity contribution in [2.24, 2.45) is 0 Å². The van der Waals surface area contributed by atoms with Crippen LogP contribution in [0.2, 0.25) is 0 Å². The molecule has 2 rings (SSSR count). The summed E-state index contributed by atoms with van der Waals surface area (Å²) in [5.74, 6) is -0.889. The van der Waals surface area contributed by atoms with Gasteiger partial charge in [0, 0.05) is 18.5 Å². The SMILES string of the molecule is CC(C)(C(=O)O)c1csc(N2CCOC(CO)C2)n1. The Balaban J connectivity index is 2.15. The third-order valence-corrected chi connectivity index (χ3v) is 4.18. The van der Waals surface area contributed by atoms with E-state index in [9.17, 15) is 9.90 Å². The maximum absolute atomic E-state index is 11.2. The average molecular weight is 286 g/mol. The van der Waals surface area contributed by atoms with Crippen molar-refractivity contribution in [3.05, 3.63) is 11.1 Å². The van der Waals surface area contributed by atoms with Gasteiger partial charge in [-0.2, -0.15) is 0 Å². The fourth-order valence-electron chi connectivity index (χ4n) is 1.81. The maximum atomic E-state index is 11.2. The molecule has 106 valence electrons. The Labute approximate surface area is 115 Å². The van der Waals surface area contributed by atoms with Crippen molar-refractivity contribution in [3.8, 4) is 0 Å². The van der Waals surface area contributed by atoms with Crippen LogP contribution in [0.25, 0.3) is 0 Å². The van der Waals surface area contributed by atoms with E-state index in [2.05, 4.69) is 4.98 Å². The number of morpholine rings is 1. The van der Waals surface area contributed by atoms with E-state index in [0.29, 0.717) is 25.4 Å². The number of ether oxygens (including phenoxy) is 1. The number of hydrogen-bond acceptors (Lipinski definition) is 6. The average Bonchev–Trinajstić information content (AvgIpc) is 2.89. The lowest BCUT2D eigenvalue weighted by molar-refractivity contribution is -0.142. The van der Waals surface area contributed by atoms with Crippen LogP contribution < -0.4 is 4.90 Å². The number of aliphatic hydroxyl groups is 1. The first-order valence-corrected chi connectivity index (χ1v) is 7.00. The summed E-state index contributed by atoms with van der Waals surface area (Å²) >= 11 is 1.43. The van der Waals surface area contributed by atoms with Crippen molar-refractivity contribution in [3.63, 3.8) is 0 Å². The Hall–Kier alpha value is -1.18. The molecule has 1 atom stereocenters. The minimum absolute atomic E-state index is 0.0185. The van der Waals surface area contributed by atoms with Crippen LogP contribution in [0.4, 0.5) is 5.13 Å². The van der Waals surface area contributed by atoms with Crippen LogP contribution in [0.1, 0.15) is 19.5 Å². The highest BCUT2D eigenvalue weighted by Gasteiger charge is 2.33. The molecule has 0 bridgehead atoms. The van der Waals surface area contributed by atoms with Gasteiger partial charge in [-0.1, -0.05) is 0 Å². The van der Waals surface area contributed by atoms with Crippen LogP contribution in [0.15, 0.2) is 5.38 Å². The molecule has 1 aromatic rings. The lowest BCUT2D eigenvalue weighted by atomic mass is 9.90. The number of aliphatic carboxylic acids is 1. The van der Waals surface area contributed by atoms with Crippen LogP contribution >= 0.6 is 11.3 Å². The zero-order chi connectivity index (χ0) is 14.0. The van der Waals surface area contributed by atoms with Gasteiger partial charge in [-0.05, 0) is 13.8 Å². The molecule has 1 aliphatic rings. The third-order valence-electron chi connectivity index (χ3n) is 3.28. The zero-order valence-corrected chi connectivity index (χ0v) is 11.8. The number of thiazole rings is 1. The summed E-state index contributed by atoms with van der Waals surface area (Å²) in [6.45, 7) is 5.10. The minimum Gasteiger partial charge on any atom is -0.481 e. The molecule has 1 aromatic heterocycles. The lowest BCUT2D eigenvalue weighted by Gasteiger charge is -2.31. The van der Waals surface area contributed by atoms with Crippen molar-refractivity contribution in [1.82, 2.24) is 4.98 Å². The van der Waals surface area contributed by atoms with Crippen LogP contribution in [0.3, 0.4) is 0 Å². The first-order chi connectivity index (χ1) is 8.95. The van der Waals surface area contributed by atoms with Crippen molar-refractivity contribution >= 4 is 22.4 Å². The Morgan fingerprint density at radius 3 is 3.05 bits per heavy atom. The molecular weight excluding hydrogens is 268 g/mol. The molecule has 0 spiro atoms. The molecule has 0 amide bonds. The predicted octanol–water partition coefficient (Wildman–Crippen LogP) is 0.703. The molecular formula is C12H18N2O4S. The molecule has 2 N–H and O–H groups in total. The Bertz CT molecular complexity index is 460. The molecule has 0 saturated carbocycles. The van der Waals surface area contributed by atoms with Crippen molar-refractivity contribution in [2.75, 3.05) is 31.2 Å². The van der Waals surface area contributed by atoms with Gasteiger partial charge < -0.3 is 19.8 Å². The number of carboxylic acid groups (broad SMARTS) is 1. The van der Waals surface area contributed by atoms with Gasteiger partial charge >= 0.3 is 5.97 Å². The monoisotopic (exact) mass is 286 g/mol. The molecule has 1 aliphatic heterocycles. The van der Waals surface area contributed by atoms with E-state index in [-0.39, 0.29) is 12.7 Å². The molecule has 2 heterocycles. The van der Waals surface area contributed by atoms with Gasteiger partial charge in [-0.15, -0.1) is 11.3 Å². The van der Waals surface area contributed by atoms with E-state index in [1.165, 1.54) is 11.3 Å². The first-order valence-electron chi connectivity index (χ1n) is 6.12. The van der Waals surface area contributed by atoms with Gasteiger partial charge in [0.2, 0.25) is 0 Å². The van der Waals surface area contributed by atoms with Crippen LogP contribution in [-0.2, 0) is 14.9 Å². The van der Waals surface area contributed by atoms with Crippen LogP contribution in [-0.4, -0.2) is 53.6 Å². The first kappa shape index (κ1) is 14.2. The summed E-state index contributed by atoms with van der Waals surface area (Å²) < 4.78 is 5.38. The van der Waals surface area contributed by atoms with Gasteiger partial charge in [-0.25, -0.2) is 4.98 Å². The second-order valence-corrected chi connectivity index (χ2v) is 5.90. The number of nitrogens with zero attached hydrogens (tertiary/aromatic N) is 2. The molecule has 1 saturated heterocycles. The van der Waals surface area contributed by atoms with E-state index >= 15 is 0 Å². The standard InChI is InChI=1S/C12H18N2O4S/c1-12(2,10(16)17)9-7-19-11(13-9)14-3-4-18-8(5-14)6-15/h7-8,15H,3-6H2,1-2H3,(H,16,17). The fourth-order valence-corrected chi connectivity index (χ4v) is 2.84. The van der Waals surface area contributed by atoms with Crippen molar-refractivity contribution < 1.29 is 19.7 Å². The molecule has 1 unspecified atom stereocenters. The summed E-state index contributed by atoms with van der Waals surface area (Å²) in [5.41, 5.74) is -0.427. The van der Waals surface area contributed by atoms with Gasteiger partial charge in [0.1, 0.15) is 5.41 Å². The number of aliphatic hydroxyl groups excluding tert-OH is 1. The van der Waals surface area contributed by atoms with Gasteiger partial charge in [0.15, 0.2) is 5.13 Å². The molecule has 1 fully saturated rings. The Morgan fingerprint density at radius 1 is 1.68 bits per heavy atom. The molecule has 6 nitrogen and oxygen atoms in total. The number of anilines is 1. The van der Waals surface area contributed by atoms with Crippen molar-refractivity contribution in [1.29, 1.82) is 0 Å². The van der Waals surface area contributed by atoms with Gasteiger partial charge in [0.25, 0.3) is 0 Å². The Kier molecular flexibility index (Phi) is 4.07. The number of carboxylic acids is 1. The lowest BCUT2D eigenvalue weighted by Crippen LogP contribution is -2.44. The van der Waals surface area contributed by atoms with Gasteiger partial charge in [-0.3, -0.25) is 4.79 Å². The fraction of sp³-hybridized carbons (Fsp3) is 0.667. The summed E-state index contributed by atoms with van der Waals surface area (Å²) in [6.07, 6.45) is -0.200. The van der Waals surface area contributed by atoms with E-state index in [1.807, 2.05) is 4.90 Å². The largest absolute Gasteiger partial charge is 0.481 e. The molecule has 7 heteroatoms. The van der Waals surface area contributed by atoms with E-state index in [1.54, 1.807) is 19.2 Å². The number of aromatic nitrogens is 1. The predicted molar refractivity (Wildman–Crippen MR) is 71.8 cm³/mol. The number of carbonyl (C=O) groups is 1. The van der Waals surface area contributed by atoms with Gasteiger partial charge in [0.05, 0.1) is 25.0 Å². The molecule has 0 radical (unpaired) electrons. The molecule has 19 heavy (non-hydrogen) atoms. The minimum atomic E-state index is -0.989. The van der Waals surface area contributed by atoms with E-state index < -0.39 is 11.4 Å². The zero-order valence-electron chi connectivity index (χ0n) is 11.0. The summed E-state index contributed by atoms with van der Waals surface area (Å²) in [6, 6.07) is 0. The smallest absolute Gasteiger partial charge is 0.315 e. The summed E-state index contributed by atoms with van der Waals surface area (Å²) in [5, 5.41) is 20.9. The van der Waals surface area contributed by atoms with Crippen LogP contribution in [0.5, 0.6) is 0 Å². The third kappa shape index (κ3) is 2.88. The normalized spacial score (nSPS) is 20.6. The van der Waals surface area contributed by atoms with Crippen molar-refractivity contribution in [2.45, 2.75) is 25.4 Å².